The number of aromatic amines is 1. The van der Waals surface area contributed by atoms with Crippen LogP contribution >= 0.6 is 12.2 Å². The first-order chi connectivity index (χ1) is 8.37. The first kappa shape index (κ1) is 13.1. The van der Waals surface area contributed by atoms with Crippen LogP contribution in [0.5, 0.6) is 0 Å². The van der Waals surface area contributed by atoms with Gasteiger partial charge < -0.3 is 9.15 Å². The molecule has 1 aliphatic rings. The summed E-state index contributed by atoms with van der Waals surface area (Å²) in [5.74, 6) is 0.448. The molecule has 1 N–H and O–H groups in total. The third-order valence-electron chi connectivity index (χ3n) is 2.62. The fourth-order valence-electron chi connectivity index (χ4n) is 1.95. The van der Waals surface area contributed by atoms with E-state index in [4.69, 9.17) is 21.4 Å². The quantitative estimate of drug-likeness (QED) is 0.795. The van der Waals surface area contributed by atoms with Gasteiger partial charge in [0.15, 0.2) is 0 Å². The predicted molar refractivity (Wildman–Crippen MR) is 66.6 cm³/mol. The summed E-state index contributed by atoms with van der Waals surface area (Å²) in [6.07, 6.45) is 1.37. The number of likely N-dealkylation sites (tertiary alicyclic amines) is 1. The molecule has 0 saturated carbocycles. The summed E-state index contributed by atoms with van der Waals surface area (Å²) in [5.41, 5.74) is -0.504. The summed E-state index contributed by atoms with van der Waals surface area (Å²) in [6.45, 7) is 6.18. The van der Waals surface area contributed by atoms with Crippen molar-refractivity contribution in [2.75, 3.05) is 6.54 Å². The van der Waals surface area contributed by atoms with Crippen LogP contribution in [0.15, 0.2) is 4.42 Å². The molecular weight excluding hydrogens is 254 g/mol. The van der Waals surface area contributed by atoms with E-state index >= 15 is 0 Å². The summed E-state index contributed by atoms with van der Waals surface area (Å²) in [4.78, 5) is 13.9. The minimum absolute atomic E-state index is 0.187. The van der Waals surface area contributed by atoms with Gasteiger partial charge in [0.1, 0.15) is 11.6 Å². The first-order valence-corrected chi connectivity index (χ1v) is 6.33. The van der Waals surface area contributed by atoms with Crippen molar-refractivity contribution >= 4 is 18.3 Å². The van der Waals surface area contributed by atoms with Gasteiger partial charge in [0.05, 0.1) is 0 Å². The van der Waals surface area contributed by atoms with Crippen LogP contribution in [0.25, 0.3) is 0 Å². The zero-order chi connectivity index (χ0) is 13.3. The molecule has 1 aliphatic heterocycles. The Balaban J connectivity index is 2.13. The molecule has 2 heterocycles. The minimum Gasteiger partial charge on any atom is -0.444 e. The molecule has 0 radical (unpaired) electrons. The Morgan fingerprint density at radius 1 is 1.61 bits per heavy atom. The Morgan fingerprint density at radius 3 is 2.89 bits per heavy atom. The monoisotopic (exact) mass is 271 g/mol. The fourth-order valence-corrected chi connectivity index (χ4v) is 2.08. The van der Waals surface area contributed by atoms with E-state index < -0.39 is 5.60 Å². The highest BCUT2D eigenvalue weighted by Gasteiger charge is 2.35. The van der Waals surface area contributed by atoms with E-state index in [-0.39, 0.29) is 17.0 Å². The molecule has 2 rings (SSSR count). The van der Waals surface area contributed by atoms with Gasteiger partial charge in [-0.25, -0.2) is 9.89 Å². The summed E-state index contributed by atoms with van der Waals surface area (Å²) in [7, 11) is 0. The summed E-state index contributed by atoms with van der Waals surface area (Å²) in [5, 5.41) is 6.55. The Morgan fingerprint density at radius 2 is 2.33 bits per heavy atom. The van der Waals surface area contributed by atoms with Gasteiger partial charge in [-0.2, -0.15) is 0 Å². The lowest BCUT2D eigenvalue weighted by atomic mass is 10.2. The van der Waals surface area contributed by atoms with Crippen molar-refractivity contribution in [1.82, 2.24) is 15.1 Å². The zero-order valence-corrected chi connectivity index (χ0v) is 11.5. The highest BCUT2D eigenvalue weighted by Crippen LogP contribution is 2.31. The van der Waals surface area contributed by atoms with Crippen molar-refractivity contribution in [3.8, 4) is 0 Å². The maximum atomic E-state index is 12.0. The molecule has 0 aromatic carbocycles. The van der Waals surface area contributed by atoms with Crippen LogP contribution in [-0.4, -0.2) is 33.3 Å². The van der Waals surface area contributed by atoms with Crippen LogP contribution in [0.1, 0.15) is 45.5 Å². The van der Waals surface area contributed by atoms with E-state index in [2.05, 4.69) is 10.2 Å². The molecule has 1 atom stereocenters. The topological polar surface area (TPSA) is 71.4 Å². The Hall–Kier alpha value is -1.37. The van der Waals surface area contributed by atoms with Gasteiger partial charge in [-0.05, 0) is 45.8 Å². The molecule has 18 heavy (non-hydrogen) atoms. The number of aromatic nitrogens is 2. The van der Waals surface area contributed by atoms with Crippen molar-refractivity contribution in [2.45, 2.75) is 45.3 Å². The van der Waals surface area contributed by atoms with E-state index in [9.17, 15) is 4.79 Å². The minimum atomic E-state index is -0.504. The number of ether oxygens (including phenoxy) is 1. The SMILES string of the molecule is CC(C)(C)OC(=O)N1CCCC1c1n[nH]c(=S)o1. The van der Waals surface area contributed by atoms with Gasteiger partial charge in [-0.1, -0.05) is 0 Å². The highest BCUT2D eigenvalue weighted by molar-refractivity contribution is 7.71. The summed E-state index contributed by atoms with van der Waals surface area (Å²) >= 11 is 4.84. The van der Waals surface area contributed by atoms with E-state index in [1.807, 2.05) is 20.8 Å². The fraction of sp³-hybridized carbons (Fsp3) is 0.727. The lowest BCUT2D eigenvalue weighted by Gasteiger charge is -2.27. The van der Waals surface area contributed by atoms with Gasteiger partial charge in [-0.15, -0.1) is 5.10 Å². The largest absolute Gasteiger partial charge is 0.444 e. The lowest BCUT2D eigenvalue weighted by Crippen LogP contribution is -2.36. The molecular formula is C11H17N3O3S. The van der Waals surface area contributed by atoms with E-state index in [1.165, 1.54) is 0 Å². The van der Waals surface area contributed by atoms with E-state index in [0.29, 0.717) is 12.4 Å². The Kier molecular flexibility index (Phi) is 3.43. The van der Waals surface area contributed by atoms with Gasteiger partial charge in [0, 0.05) is 6.54 Å². The maximum Gasteiger partial charge on any atom is 0.410 e. The number of carbonyl (C=O) groups excluding carboxylic acids is 1. The van der Waals surface area contributed by atoms with Crippen LogP contribution in [0, 0.1) is 4.84 Å². The number of nitrogens with one attached hydrogen (secondary N) is 1. The van der Waals surface area contributed by atoms with Crippen molar-refractivity contribution in [2.24, 2.45) is 0 Å². The molecule has 1 aromatic rings. The summed E-state index contributed by atoms with van der Waals surface area (Å²) in [6, 6.07) is -0.187. The number of hydrogen-bond acceptors (Lipinski definition) is 5. The van der Waals surface area contributed by atoms with Crippen molar-refractivity contribution < 1.29 is 13.9 Å². The molecule has 1 amide bonds. The number of rotatable bonds is 1. The average molecular weight is 271 g/mol. The Bertz CT molecular complexity index is 488. The van der Waals surface area contributed by atoms with E-state index in [1.54, 1.807) is 4.90 Å². The average Bonchev–Trinajstić information content (AvgIpc) is 2.81. The maximum absolute atomic E-state index is 12.0. The Labute approximate surface area is 110 Å². The second kappa shape index (κ2) is 4.72. The third-order valence-corrected chi connectivity index (χ3v) is 2.80. The van der Waals surface area contributed by atoms with Crippen molar-refractivity contribution in [3.05, 3.63) is 10.7 Å². The number of amides is 1. The molecule has 1 aromatic heterocycles. The molecule has 1 unspecified atom stereocenters. The molecule has 0 spiro atoms. The predicted octanol–water partition coefficient (Wildman–Crippen LogP) is 2.80. The summed E-state index contributed by atoms with van der Waals surface area (Å²) < 4.78 is 10.6. The highest BCUT2D eigenvalue weighted by atomic mass is 32.1. The molecule has 1 saturated heterocycles. The van der Waals surface area contributed by atoms with Gasteiger partial charge >= 0.3 is 6.09 Å². The normalized spacial score (nSPS) is 20.2. The van der Waals surface area contributed by atoms with Gasteiger partial charge in [0.25, 0.3) is 4.84 Å². The van der Waals surface area contributed by atoms with Crippen molar-refractivity contribution in [3.63, 3.8) is 0 Å². The second-order valence-corrected chi connectivity index (χ2v) is 5.65. The standard InChI is InChI=1S/C11H17N3O3S/c1-11(2,3)17-10(15)14-6-4-5-7(14)8-12-13-9(18)16-8/h7H,4-6H2,1-3H3,(H,13,18). The van der Waals surface area contributed by atoms with Crippen LogP contribution in [0.3, 0.4) is 0 Å². The van der Waals surface area contributed by atoms with E-state index in [0.717, 1.165) is 12.8 Å². The first-order valence-electron chi connectivity index (χ1n) is 5.92. The van der Waals surface area contributed by atoms with Crippen molar-refractivity contribution in [1.29, 1.82) is 0 Å². The van der Waals surface area contributed by atoms with Crippen LogP contribution in [0.4, 0.5) is 4.79 Å². The van der Waals surface area contributed by atoms with Crippen LogP contribution < -0.4 is 0 Å². The second-order valence-electron chi connectivity index (χ2n) is 5.28. The third kappa shape index (κ3) is 2.90. The van der Waals surface area contributed by atoms with Crippen LogP contribution in [0.2, 0.25) is 0 Å². The molecule has 100 valence electrons. The molecule has 7 heteroatoms. The van der Waals surface area contributed by atoms with Gasteiger partial charge in [0.2, 0.25) is 5.89 Å². The molecule has 1 fully saturated rings. The molecule has 0 aliphatic carbocycles. The smallest absolute Gasteiger partial charge is 0.410 e. The number of carbonyl (C=O) groups is 1. The zero-order valence-electron chi connectivity index (χ0n) is 10.7. The number of hydrogen-bond donors (Lipinski definition) is 1. The molecule has 0 bridgehead atoms. The van der Waals surface area contributed by atoms with Crippen LogP contribution in [-0.2, 0) is 4.74 Å². The van der Waals surface area contributed by atoms with Gasteiger partial charge in [-0.3, -0.25) is 4.90 Å². The molecule has 6 nitrogen and oxygen atoms in total. The number of H-pyrrole nitrogens is 1. The number of nitrogens with zero attached hydrogens (tertiary/aromatic N) is 2. The lowest BCUT2D eigenvalue weighted by molar-refractivity contribution is 0.0203.